The zero-order valence-corrected chi connectivity index (χ0v) is 10.0. The van der Waals surface area contributed by atoms with Crippen molar-refractivity contribution >= 4 is 5.57 Å². The molecule has 0 saturated heterocycles. The van der Waals surface area contributed by atoms with E-state index in [1.807, 2.05) is 12.3 Å². The maximum atomic E-state index is 4.16. The van der Waals surface area contributed by atoms with Crippen LogP contribution in [-0.4, -0.2) is 11.5 Å². The average molecular weight is 234 g/mol. The second kappa shape index (κ2) is 4.88. The molecule has 0 spiro atoms. The summed E-state index contributed by atoms with van der Waals surface area (Å²) in [6.07, 6.45) is 10.0. The van der Waals surface area contributed by atoms with E-state index in [-0.39, 0.29) is 0 Å². The van der Waals surface area contributed by atoms with Gasteiger partial charge in [-0.1, -0.05) is 36.4 Å². The van der Waals surface area contributed by atoms with Crippen LogP contribution in [-0.2, 0) is 0 Å². The standard InChI is InChI=1S/C16H14N2/c1-4-13(15-6-2-8-17-11-15)10-14(5-1)16-7-3-9-18-12-16/h1-8,10-12,18H,9H2. The molecule has 0 amide bonds. The van der Waals surface area contributed by atoms with Crippen LogP contribution in [0, 0.1) is 0 Å². The molecule has 2 nitrogen and oxygen atoms in total. The van der Waals surface area contributed by atoms with Crippen LogP contribution in [0.15, 0.2) is 67.1 Å². The predicted molar refractivity (Wildman–Crippen MR) is 74.8 cm³/mol. The molecule has 3 rings (SSSR count). The van der Waals surface area contributed by atoms with Crippen molar-refractivity contribution in [3.05, 3.63) is 72.7 Å². The Morgan fingerprint density at radius 3 is 2.67 bits per heavy atom. The molecule has 0 bridgehead atoms. The lowest BCUT2D eigenvalue weighted by molar-refractivity contribution is 0.976. The molecular formula is C16H14N2. The minimum atomic E-state index is 0.909. The Labute approximate surface area is 107 Å². The van der Waals surface area contributed by atoms with Gasteiger partial charge in [0, 0.05) is 30.7 Å². The molecule has 0 aliphatic carbocycles. The molecule has 1 aromatic carbocycles. The van der Waals surface area contributed by atoms with Gasteiger partial charge in [-0.05, 0) is 28.8 Å². The van der Waals surface area contributed by atoms with Crippen molar-refractivity contribution in [3.63, 3.8) is 0 Å². The molecule has 0 atom stereocenters. The number of dihydropyridines is 1. The first-order valence-corrected chi connectivity index (χ1v) is 6.04. The highest BCUT2D eigenvalue weighted by molar-refractivity contribution is 5.78. The second-order valence-electron chi connectivity index (χ2n) is 4.23. The molecule has 0 fully saturated rings. The summed E-state index contributed by atoms with van der Waals surface area (Å²) in [5.41, 5.74) is 4.78. The monoisotopic (exact) mass is 234 g/mol. The maximum Gasteiger partial charge on any atom is 0.0346 e. The van der Waals surface area contributed by atoms with Gasteiger partial charge in [-0.25, -0.2) is 0 Å². The molecule has 2 heterocycles. The Morgan fingerprint density at radius 1 is 1.00 bits per heavy atom. The van der Waals surface area contributed by atoms with Crippen LogP contribution in [0.1, 0.15) is 5.56 Å². The Balaban J connectivity index is 1.99. The molecule has 88 valence electrons. The van der Waals surface area contributed by atoms with Gasteiger partial charge in [0.15, 0.2) is 0 Å². The summed E-state index contributed by atoms with van der Waals surface area (Å²) in [4.78, 5) is 4.16. The molecule has 0 saturated carbocycles. The topological polar surface area (TPSA) is 24.9 Å². The molecule has 0 radical (unpaired) electrons. The highest BCUT2D eigenvalue weighted by atomic mass is 14.8. The quantitative estimate of drug-likeness (QED) is 0.862. The van der Waals surface area contributed by atoms with Crippen molar-refractivity contribution in [2.24, 2.45) is 0 Å². The third-order valence-corrected chi connectivity index (χ3v) is 2.98. The summed E-state index contributed by atoms with van der Waals surface area (Å²) >= 11 is 0. The van der Waals surface area contributed by atoms with Gasteiger partial charge in [0.1, 0.15) is 0 Å². The van der Waals surface area contributed by atoms with Gasteiger partial charge in [0.25, 0.3) is 0 Å². The van der Waals surface area contributed by atoms with Gasteiger partial charge in [-0.3, -0.25) is 4.98 Å². The van der Waals surface area contributed by atoms with Crippen molar-refractivity contribution in [2.45, 2.75) is 0 Å². The fourth-order valence-electron chi connectivity index (χ4n) is 2.06. The van der Waals surface area contributed by atoms with Gasteiger partial charge in [0.2, 0.25) is 0 Å². The normalized spacial score (nSPS) is 13.9. The highest BCUT2D eigenvalue weighted by Crippen LogP contribution is 2.24. The number of pyridine rings is 1. The van der Waals surface area contributed by atoms with E-state index in [0.29, 0.717) is 0 Å². The Bertz CT molecular complexity index is 598. The molecule has 1 aliphatic rings. The summed E-state index contributed by atoms with van der Waals surface area (Å²) in [5.74, 6) is 0. The summed E-state index contributed by atoms with van der Waals surface area (Å²) in [5, 5.41) is 3.23. The minimum absolute atomic E-state index is 0.909. The number of nitrogens with zero attached hydrogens (tertiary/aromatic N) is 1. The third-order valence-electron chi connectivity index (χ3n) is 2.98. The summed E-state index contributed by atoms with van der Waals surface area (Å²) in [7, 11) is 0. The Hall–Kier alpha value is -2.35. The largest absolute Gasteiger partial charge is 0.387 e. The minimum Gasteiger partial charge on any atom is -0.387 e. The van der Waals surface area contributed by atoms with Crippen LogP contribution in [0.3, 0.4) is 0 Å². The highest BCUT2D eigenvalue weighted by Gasteiger charge is 2.03. The number of benzene rings is 1. The molecule has 2 aromatic rings. The van der Waals surface area contributed by atoms with Gasteiger partial charge >= 0.3 is 0 Å². The van der Waals surface area contributed by atoms with Gasteiger partial charge in [-0.15, -0.1) is 0 Å². The molecular weight excluding hydrogens is 220 g/mol. The molecule has 18 heavy (non-hydrogen) atoms. The van der Waals surface area contributed by atoms with Gasteiger partial charge in [0.05, 0.1) is 0 Å². The number of hydrogen-bond acceptors (Lipinski definition) is 2. The lowest BCUT2D eigenvalue weighted by Crippen LogP contribution is -2.08. The van der Waals surface area contributed by atoms with Gasteiger partial charge in [-0.2, -0.15) is 0 Å². The summed E-state index contributed by atoms with van der Waals surface area (Å²) < 4.78 is 0. The lowest BCUT2D eigenvalue weighted by Gasteiger charge is -2.10. The van der Waals surface area contributed by atoms with E-state index in [1.54, 1.807) is 6.20 Å². The third kappa shape index (κ3) is 2.18. The van der Waals surface area contributed by atoms with E-state index in [4.69, 9.17) is 0 Å². The fraction of sp³-hybridized carbons (Fsp3) is 0.0625. The molecule has 2 heteroatoms. The second-order valence-corrected chi connectivity index (χ2v) is 4.23. The van der Waals surface area contributed by atoms with E-state index >= 15 is 0 Å². The number of rotatable bonds is 2. The Kier molecular flexibility index (Phi) is 2.92. The number of nitrogens with one attached hydrogen (secondary N) is 1. The van der Waals surface area contributed by atoms with E-state index in [9.17, 15) is 0 Å². The van der Waals surface area contributed by atoms with Crippen molar-refractivity contribution in [3.8, 4) is 11.1 Å². The average Bonchev–Trinajstić information content (AvgIpc) is 2.49. The van der Waals surface area contributed by atoms with Crippen LogP contribution in [0.25, 0.3) is 16.7 Å². The van der Waals surface area contributed by atoms with Crippen LogP contribution in [0.2, 0.25) is 0 Å². The fourth-order valence-corrected chi connectivity index (χ4v) is 2.06. The zero-order chi connectivity index (χ0) is 12.2. The van der Waals surface area contributed by atoms with E-state index in [1.165, 1.54) is 16.7 Å². The van der Waals surface area contributed by atoms with Crippen molar-refractivity contribution in [2.75, 3.05) is 6.54 Å². The first-order valence-electron chi connectivity index (χ1n) is 6.04. The summed E-state index contributed by atoms with van der Waals surface area (Å²) in [6.45, 7) is 0.909. The van der Waals surface area contributed by atoms with Crippen LogP contribution < -0.4 is 5.32 Å². The number of allylic oxidation sites excluding steroid dienone is 2. The van der Waals surface area contributed by atoms with Crippen molar-refractivity contribution < 1.29 is 0 Å². The smallest absolute Gasteiger partial charge is 0.0346 e. The number of hydrogen-bond donors (Lipinski definition) is 1. The van der Waals surface area contributed by atoms with E-state index < -0.39 is 0 Å². The molecule has 1 N–H and O–H groups in total. The lowest BCUT2D eigenvalue weighted by atomic mass is 9.99. The van der Waals surface area contributed by atoms with E-state index in [2.05, 4.69) is 59.0 Å². The van der Waals surface area contributed by atoms with Crippen molar-refractivity contribution in [1.29, 1.82) is 0 Å². The zero-order valence-electron chi connectivity index (χ0n) is 10.0. The van der Waals surface area contributed by atoms with Crippen LogP contribution >= 0.6 is 0 Å². The first-order chi connectivity index (χ1) is 8.93. The van der Waals surface area contributed by atoms with Crippen LogP contribution in [0.4, 0.5) is 0 Å². The molecule has 0 unspecified atom stereocenters. The maximum absolute atomic E-state index is 4.16. The number of aromatic nitrogens is 1. The summed E-state index contributed by atoms with van der Waals surface area (Å²) in [6, 6.07) is 12.6. The predicted octanol–water partition coefficient (Wildman–Crippen LogP) is 3.25. The van der Waals surface area contributed by atoms with Crippen molar-refractivity contribution in [1.82, 2.24) is 10.3 Å². The first kappa shape index (κ1) is 10.8. The van der Waals surface area contributed by atoms with Gasteiger partial charge < -0.3 is 5.32 Å². The SMILES string of the molecule is C1=CC(c2cccc(-c3cccnc3)c2)=CNC1. The van der Waals surface area contributed by atoms with Crippen LogP contribution in [0.5, 0.6) is 0 Å². The Morgan fingerprint density at radius 2 is 1.89 bits per heavy atom. The molecule has 1 aromatic heterocycles. The molecule has 1 aliphatic heterocycles. The van der Waals surface area contributed by atoms with E-state index in [0.717, 1.165) is 12.1 Å².